The molecule has 0 spiro atoms. The second kappa shape index (κ2) is 8.22. The van der Waals surface area contributed by atoms with Crippen LogP contribution < -0.4 is 10.1 Å². The highest BCUT2D eigenvalue weighted by Crippen LogP contribution is 2.21. The number of nitrogens with one attached hydrogen (secondary N) is 1. The van der Waals surface area contributed by atoms with Crippen molar-refractivity contribution in [2.24, 2.45) is 0 Å². The highest BCUT2D eigenvalue weighted by Gasteiger charge is 2.12. The van der Waals surface area contributed by atoms with Crippen molar-refractivity contribution in [3.05, 3.63) is 69.1 Å². The van der Waals surface area contributed by atoms with Crippen molar-refractivity contribution in [1.29, 1.82) is 0 Å². The van der Waals surface area contributed by atoms with Gasteiger partial charge < -0.3 is 4.74 Å². The standard InChI is InChI=1S/C18H16BrN3O2S/c1-24-13-9-6-12(7-10-13)8-11-16-21-22-18(25-16)20-17(23)14-4-2-3-5-15(14)19/h2-7,9-10H,8,11H2,1H3,(H,20,22,23). The Kier molecular flexibility index (Phi) is 5.78. The van der Waals surface area contributed by atoms with Gasteiger partial charge in [-0.1, -0.05) is 35.6 Å². The van der Waals surface area contributed by atoms with Crippen LogP contribution in [0.2, 0.25) is 0 Å². The molecule has 3 aromatic rings. The van der Waals surface area contributed by atoms with Crippen LogP contribution in [0.4, 0.5) is 5.13 Å². The molecular weight excluding hydrogens is 402 g/mol. The number of nitrogens with zero attached hydrogens (tertiary/aromatic N) is 2. The minimum absolute atomic E-state index is 0.203. The molecule has 25 heavy (non-hydrogen) atoms. The van der Waals surface area contributed by atoms with Gasteiger partial charge in [0.2, 0.25) is 5.13 Å². The summed E-state index contributed by atoms with van der Waals surface area (Å²) in [6.45, 7) is 0. The number of aromatic nitrogens is 2. The average molecular weight is 418 g/mol. The third-order valence-electron chi connectivity index (χ3n) is 3.59. The molecule has 7 heteroatoms. The quantitative estimate of drug-likeness (QED) is 0.647. The monoisotopic (exact) mass is 417 g/mol. The second-order valence-electron chi connectivity index (χ2n) is 5.28. The zero-order valence-corrected chi connectivity index (χ0v) is 15.9. The number of aryl methyl sites for hydroxylation is 2. The smallest absolute Gasteiger partial charge is 0.258 e. The Bertz CT molecular complexity index is 865. The summed E-state index contributed by atoms with van der Waals surface area (Å²) in [6, 6.07) is 15.2. The van der Waals surface area contributed by atoms with Crippen LogP contribution in [0.15, 0.2) is 53.0 Å². The summed E-state index contributed by atoms with van der Waals surface area (Å²) < 4.78 is 5.90. The van der Waals surface area contributed by atoms with Crippen molar-refractivity contribution < 1.29 is 9.53 Å². The summed E-state index contributed by atoms with van der Waals surface area (Å²) >= 11 is 4.77. The Morgan fingerprint density at radius 2 is 1.88 bits per heavy atom. The fourth-order valence-electron chi connectivity index (χ4n) is 2.26. The summed E-state index contributed by atoms with van der Waals surface area (Å²) in [6.07, 6.45) is 1.63. The molecule has 3 rings (SSSR count). The van der Waals surface area contributed by atoms with E-state index < -0.39 is 0 Å². The SMILES string of the molecule is COc1ccc(CCc2nnc(NC(=O)c3ccccc3Br)s2)cc1. The molecule has 0 aliphatic rings. The van der Waals surface area contributed by atoms with Crippen LogP contribution in [0.25, 0.3) is 0 Å². The summed E-state index contributed by atoms with van der Waals surface area (Å²) in [5, 5.41) is 12.4. The zero-order chi connectivity index (χ0) is 17.6. The van der Waals surface area contributed by atoms with Gasteiger partial charge in [-0.2, -0.15) is 0 Å². The molecule has 0 fully saturated rings. The molecule has 128 valence electrons. The van der Waals surface area contributed by atoms with Crippen LogP contribution in [0.3, 0.4) is 0 Å². The molecule has 0 aliphatic heterocycles. The van der Waals surface area contributed by atoms with Gasteiger partial charge in [-0.25, -0.2) is 0 Å². The van der Waals surface area contributed by atoms with Crippen molar-refractivity contribution in [2.45, 2.75) is 12.8 Å². The number of methoxy groups -OCH3 is 1. The lowest BCUT2D eigenvalue weighted by Crippen LogP contribution is -2.12. The molecule has 0 bridgehead atoms. The minimum Gasteiger partial charge on any atom is -0.497 e. The summed E-state index contributed by atoms with van der Waals surface area (Å²) in [7, 11) is 1.65. The maximum absolute atomic E-state index is 12.3. The number of ether oxygens (including phenoxy) is 1. The summed E-state index contributed by atoms with van der Waals surface area (Å²) in [4.78, 5) is 12.3. The van der Waals surface area contributed by atoms with Crippen molar-refractivity contribution >= 4 is 38.3 Å². The van der Waals surface area contributed by atoms with E-state index in [1.165, 1.54) is 16.9 Å². The molecule has 0 aliphatic carbocycles. The maximum atomic E-state index is 12.3. The number of amides is 1. The van der Waals surface area contributed by atoms with E-state index in [1.807, 2.05) is 42.5 Å². The average Bonchev–Trinajstić information content (AvgIpc) is 3.08. The van der Waals surface area contributed by atoms with Crippen LogP contribution in [-0.4, -0.2) is 23.2 Å². The number of hydrogen-bond acceptors (Lipinski definition) is 5. The van der Waals surface area contributed by atoms with Crippen LogP contribution in [0.1, 0.15) is 20.9 Å². The van der Waals surface area contributed by atoms with Gasteiger partial charge in [0, 0.05) is 10.9 Å². The Balaban J connectivity index is 1.58. The highest BCUT2D eigenvalue weighted by molar-refractivity contribution is 9.10. The van der Waals surface area contributed by atoms with E-state index >= 15 is 0 Å². The van der Waals surface area contributed by atoms with E-state index in [4.69, 9.17) is 4.74 Å². The van der Waals surface area contributed by atoms with Crippen LogP contribution in [0.5, 0.6) is 5.75 Å². The molecule has 1 heterocycles. The van der Waals surface area contributed by atoms with Crippen LogP contribution in [-0.2, 0) is 12.8 Å². The Morgan fingerprint density at radius 1 is 1.12 bits per heavy atom. The topological polar surface area (TPSA) is 64.1 Å². The first-order chi connectivity index (χ1) is 12.2. The first-order valence-electron chi connectivity index (χ1n) is 7.67. The fourth-order valence-corrected chi connectivity index (χ4v) is 3.46. The van der Waals surface area contributed by atoms with E-state index in [1.54, 1.807) is 13.2 Å². The molecule has 0 atom stereocenters. The van der Waals surface area contributed by atoms with Crippen molar-refractivity contribution in [1.82, 2.24) is 10.2 Å². The number of hydrogen-bond donors (Lipinski definition) is 1. The normalized spacial score (nSPS) is 10.5. The third kappa shape index (κ3) is 4.64. The number of halogens is 1. The lowest BCUT2D eigenvalue weighted by atomic mass is 10.1. The van der Waals surface area contributed by atoms with E-state index in [2.05, 4.69) is 31.4 Å². The summed E-state index contributed by atoms with van der Waals surface area (Å²) in [5.74, 6) is 0.641. The van der Waals surface area contributed by atoms with E-state index in [0.29, 0.717) is 10.7 Å². The molecule has 1 N–H and O–H groups in total. The molecule has 2 aromatic carbocycles. The first kappa shape index (κ1) is 17.6. The number of carbonyl (C=O) groups is 1. The molecule has 1 amide bonds. The highest BCUT2D eigenvalue weighted by atomic mass is 79.9. The van der Waals surface area contributed by atoms with E-state index in [0.717, 1.165) is 28.1 Å². The molecule has 5 nitrogen and oxygen atoms in total. The zero-order valence-electron chi connectivity index (χ0n) is 13.5. The molecule has 0 saturated heterocycles. The van der Waals surface area contributed by atoms with Gasteiger partial charge >= 0.3 is 0 Å². The molecule has 1 aromatic heterocycles. The van der Waals surface area contributed by atoms with Crippen molar-refractivity contribution in [3.63, 3.8) is 0 Å². The van der Waals surface area contributed by atoms with Crippen molar-refractivity contribution in [3.8, 4) is 5.75 Å². The maximum Gasteiger partial charge on any atom is 0.258 e. The van der Waals surface area contributed by atoms with Gasteiger partial charge in [0.15, 0.2) is 0 Å². The summed E-state index contributed by atoms with van der Waals surface area (Å²) in [5.41, 5.74) is 1.77. The number of rotatable bonds is 6. The predicted molar refractivity (Wildman–Crippen MR) is 102 cm³/mol. The molecule has 0 unspecified atom stereocenters. The van der Waals surface area contributed by atoms with Gasteiger partial charge in [-0.05, 0) is 52.2 Å². The van der Waals surface area contributed by atoms with Gasteiger partial charge in [-0.15, -0.1) is 10.2 Å². The lowest BCUT2D eigenvalue weighted by Gasteiger charge is -2.03. The Hall–Kier alpha value is -2.25. The molecular formula is C18H16BrN3O2S. The predicted octanol–water partition coefficient (Wildman–Crippen LogP) is 4.35. The Labute approximate surface area is 158 Å². The molecule has 0 radical (unpaired) electrons. The number of carbonyl (C=O) groups excluding carboxylic acids is 1. The van der Waals surface area contributed by atoms with Gasteiger partial charge in [0.25, 0.3) is 5.91 Å². The van der Waals surface area contributed by atoms with Crippen molar-refractivity contribution in [2.75, 3.05) is 12.4 Å². The first-order valence-corrected chi connectivity index (χ1v) is 9.28. The fraction of sp³-hybridized carbons (Fsp3) is 0.167. The van der Waals surface area contributed by atoms with Gasteiger partial charge in [-0.3, -0.25) is 10.1 Å². The van der Waals surface area contributed by atoms with E-state index in [9.17, 15) is 4.79 Å². The van der Waals surface area contributed by atoms with Crippen LogP contribution in [0, 0.1) is 0 Å². The van der Waals surface area contributed by atoms with Gasteiger partial charge in [0.1, 0.15) is 10.8 Å². The molecule has 0 saturated carbocycles. The minimum atomic E-state index is -0.203. The second-order valence-corrected chi connectivity index (χ2v) is 7.20. The largest absolute Gasteiger partial charge is 0.497 e. The third-order valence-corrected chi connectivity index (χ3v) is 5.18. The van der Waals surface area contributed by atoms with Gasteiger partial charge in [0.05, 0.1) is 12.7 Å². The number of benzene rings is 2. The van der Waals surface area contributed by atoms with E-state index in [-0.39, 0.29) is 5.91 Å². The van der Waals surface area contributed by atoms with Crippen LogP contribution >= 0.6 is 27.3 Å². The lowest BCUT2D eigenvalue weighted by molar-refractivity contribution is 0.102. The Morgan fingerprint density at radius 3 is 2.60 bits per heavy atom. The number of anilines is 1.